The molecule has 2 amide bonds. The van der Waals surface area contributed by atoms with Gasteiger partial charge in [0.15, 0.2) is 0 Å². The van der Waals surface area contributed by atoms with Gasteiger partial charge in [-0.15, -0.1) is 0 Å². The first-order valence-electron chi connectivity index (χ1n) is 13.2. The summed E-state index contributed by atoms with van der Waals surface area (Å²) in [6, 6.07) is 12.2. The van der Waals surface area contributed by atoms with Crippen molar-refractivity contribution in [2.75, 3.05) is 54.4 Å². The number of anilines is 3. The number of rotatable bonds is 7. The van der Waals surface area contributed by atoms with Crippen LogP contribution in [0.3, 0.4) is 0 Å². The maximum atomic E-state index is 13.3. The van der Waals surface area contributed by atoms with E-state index in [0.29, 0.717) is 42.6 Å². The van der Waals surface area contributed by atoms with E-state index in [2.05, 4.69) is 35.9 Å². The number of nitrogens with one attached hydrogen (secondary N) is 1. The van der Waals surface area contributed by atoms with Crippen molar-refractivity contribution in [1.29, 1.82) is 0 Å². The summed E-state index contributed by atoms with van der Waals surface area (Å²) in [6.45, 7) is 10.9. The van der Waals surface area contributed by atoms with Crippen molar-refractivity contribution in [2.24, 2.45) is 11.8 Å². The van der Waals surface area contributed by atoms with Gasteiger partial charge in [0, 0.05) is 69.2 Å². The first-order valence-corrected chi connectivity index (χ1v) is 13.2. The molecule has 9 heteroatoms. The van der Waals surface area contributed by atoms with Crippen molar-refractivity contribution in [3.8, 4) is 0 Å². The Bertz CT molecular complexity index is 1120. The SMILES string of the molecule is CC(C)CC(=O)N1CCN(c2ccc(NC(=O)c3cc([N+](=O)[O-])ccc3N3CCC(C)CC3)cc2)CC1. The molecule has 0 unspecified atom stereocenters. The summed E-state index contributed by atoms with van der Waals surface area (Å²) in [5, 5.41) is 14.3. The predicted octanol–water partition coefficient (Wildman–Crippen LogP) is 4.78. The average molecular weight is 508 g/mol. The smallest absolute Gasteiger partial charge is 0.270 e. The van der Waals surface area contributed by atoms with Gasteiger partial charge in [-0.2, -0.15) is 0 Å². The average Bonchev–Trinajstić information content (AvgIpc) is 2.89. The number of carbonyl (C=O) groups is 2. The van der Waals surface area contributed by atoms with E-state index in [0.717, 1.165) is 50.4 Å². The molecule has 2 fully saturated rings. The Morgan fingerprint density at radius 2 is 1.62 bits per heavy atom. The Morgan fingerprint density at radius 3 is 2.22 bits per heavy atom. The van der Waals surface area contributed by atoms with Crippen LogP contribution in [0.4, 0.5) is 22.7 Å². The second kappa shape index (κ2) is 11.6. The lowest BCUT2D eigenvalue weighted by molar-refractivity contribution is -0.384. The maximum absolute atomic E-state index is 13.3. The van der Waals surface area contributed by atoms with Gasteiger partial charge in [-0.25, -0.2) is 0 Å². The molecule has 2 aromatic carbocycles. The first-order chi connectivity index (χ1) is 17.7. The van der Waals surface area contributed by atoms with E-state index >= 15 is 0 Å². The normalized spacial score (nSPS) is 16.7. The predicted molar refractivity (Wildman–Crippen MR) is 146 cm³/mol. The van der Waals surface area contributed by atoms with Crippen molar-refractivity contribution in [3.63, 3.8) is 0 Å². The molecule has 2 aromatic rings. The molecule has 0 atom stereocenters. The number of hydrogen-bond acceptors (Lipinski definition) is 6. The van der Waals surface area contributed by atoms with Crippen molar-refractivity contribution in [1.82, 2.24) is 4.90 Å². The van der Waals surface area contributed by atoms with Gasteiger partial charge in [0.05, 0.1) is 16.2 Å². The maximum Gasteiger partial charge on any atom is 0.270 e. The van der Waals surface area contributed by atoms with Crippen LogP contribution in [0.2, 0.25) is 0 Å². The molecule has 0 bridgehead atoms. The molecular weight excluding hydrogens is 470 g/mol. The molecule has 0 aliphatic carbocycles. The van der Waals surface area contributed by atoms with Crippen molar-refractivity contribution in [3.05, 3.63) is 58.1 Å². The Kier molecular flexibility index (Phi) is 8.31. The first kappa shape index (κ1) is 26.4. The van der Waals surface area contributed by atoms with E-state index in [1.54, 1.807) is 6.07 Å². The van der Waals surface area contributed by atoms with E-state index in [4.69, 9.17) is 0 Å². The van der Waals surface area contributed by atoms with Crippen LogP contribution < -0.4 is 15.1 Å². The summed E-state index contributed by atoms with van der Waals surface area (Å²) >= 11 is 0. The van der Waals surface area contributed by atoms with E-state index in [1.165, 1.54) is 12.1 Å². The number of nitro benzene ring substituents is 1. The molecule has 0 radical (unpaired) electrons. The van der Waals surface area contributed by atoms with Crippen LogP contribution in [0.25, 0.3) is 0 Å². The van der Waals surface area contributed by atoms with E-state index in [-0.39, 0.29) is 17.5 Å². The number of piperidine rings is 1. The highest BCUT2D eigenvalue weighted by Gasteiger charge is 2.24. The molecule has 4 rings (SSSR count). The second-order valence-corrected chi connectivity index (χ2v) is 10.6. The fraction of sp³-hybridized carbons (Fsp3) is 0.500. The van der Waals surface area contributed by atoms with Gasteiger partial charge >= 0.3 is 0 Å². The second-order valence-electron chi connectivity index (χ2n) is 10.6. The number of benzene rings is 2. The molecule has 2 aliphatic rings. The Balaban J connectivity index is 1.42. The lowest BCUT2D eigenvalue weighted by Crippen LogP contribution is -2.49. The third-order valence-electron chi connectivity index (χ3n) is 7.27. The minimum Gasteiger partial charge on any atom is -0.371 e. The highest BCUT2D eigenvalue weighted by molar-refractivity contribution is 6.08. The fourth-order valence-electron chi connectivity index (χ4n) is 4.99. The van der Waals surface area contributed by atoms with Crippen LogP contribution in [0.1, 0.15) is 50.4 Å². The lowest BCUT2D eigenvalue weighted by Gasteiger charge is -2.36. The van der Waals surface area contributed by atoms with Gasteiger partial charge in [-0.3, -0.25) is 19.7 Å². The van der Waals surface area contributed by atoms with E-state index < -0.39 is 4.92 Å². The van der Waals surface area contributed by atoms with Crippen LogP contribution >= 0.6 is 0 Å². The highest BCUT2D eigenvalue weighted by atomic mass is 16.6. The quantitative estimate of drug-likeness (QED) is 0.428. The van der Waals surface area contributed by atoms with Crippen molar-refractivity contribution in [2.45, 2.75) is 40.0 Å². The molecule has 0 saturated carbocycles. The van der Waals surface area contributed by atoms with Crippen molar-refractivity contribution < 1.29 is 14.5 Å². The molecule has 198 valence electrons. The number of piperazine rings is 1. The molecule has 2 aliphatic heterocycles. The standard InChI is InChI=1S/C28H37N5O4/c1-20(2)18-27(34)32-16-14-30(15-17-32)23-6-4-22(5-7-23)29-28(35)25-19-24(33(36)37)8-9-26(25)31-12-10-21(3)11-13-31/h4-9,19-21H,10-18H2,1-3H3,(H,29,35). The zero-order valence-electron chi connectivity index (χ0n) is 22.0. The number of nitrogens with zero attached hydrogens (tertiary/aromatic N) is 4. The zero-order valence-corrected chi connectivity index (χ0v) is 22.0. The highest BCUT2D eigenvalue weighted by Crippen LogP contribution is 2.30. The van der Waals surface area contributed by atoms with Crippen LogP contribution in [0.5, 0.6) is 0 Å². The number of non-ortho nitro benzene ring substituents is 1. The molecule has 9 nitrogen and oxygen atoms in total. The van der Waals surface area contributed by atoms with Gasteiger partial charge in [-0.05, 0) is 55.0 Å². The van der Waals surface area contributed by atoms with Crippen LogP contribution in [-0.2, 0) is 4.79 Å². The minimum absolute atomic E-state index is 0.0966. The van der Waals surface area contributed by atoms with Crippen LogP contribution in [0, 0.1) is 22.0 Å². The van der Waals surface area contributed by atoms with Gasteiger partial charge in [-0.1, -0.05) is 20.8 Å². The number of hydrogen-bond donors (Lipinski definition) is 1. The summed E-state index contributed by atoms with van der Waals surface area (Å²) in [6.07, 6.45) is 2.64. The minimum atomic E-state index is -0.468. The third kappa shape index (κ3) is 6.58. The third-order valence-corrected chi connectivity index (χ3v) is 7.27. The molecule has 0 spiro atoms. The van der Waals surface area contributed by atoms with Crippen LogP contribution in [-0.4, -0.2) is 60.9 Å². The fourth-order valence-corrected chi connectivity index (χ4v) is 4.99. The monoisotopic (exact) mass is 507 g/mol. The number of nitro groups is 1. The Labute approximate surface area is 218 Å². The summed E-state index contributed by atoms with van der Waals surface area (Å²) in [5.74, 6) is 0.846. The van der Waals surface area contributed by atoms with Crippen LogP contribution in [0.15, 0.2) is 42.5 Å². The van der Waals surface area contributed by atoms with Gasteiger partial charge in [0.25, 0.3) is 11.6 Å². The van der Waals surface area contributed by atoms with Gasteiger partial charge in [0.1, 0.15) is 0 Å². The number of carbonyl (C=O) groups excluding carboxylic acids is 2. The summed E-state index contributed by atoms with van der Waals surface area (Å²) in [7, 11) is 0. The Morgan fingerprint density at radius 1 is 0.973 bits per heavy atom. The lowest BCUT2D eigenvalue weighted by atomic mass is 9.98. The zero-order chi connectivity index (χ0) is 26.5. The largest absolute Gasteiger partial charge is 0.371 e. The molecule has 0 aromatic heterocycles. The topological polar surface area (TPSA) is 99.0 Å². The van der Waals surface area contributed by atoms with E-state index in [1.807, 2.05) is 29.2 Å². The Hall–Kier alpha value is -3.62. The van der Waals surface area contributed by atoms with Crippen molar-refractivity contribution >= 4 is 34.6 Å². The molecule has 2 heterocycles. The summed E-state index contributed by atoms with van der Waals surface area (Å²) in [4.78, 5) is 42.9. The van der Waals surface area contributed by atoms with Gasteiger partial charge in [0.2, 0.25) is 5.91 Å². The van der Waals surface area contributed by atoms with E-state index in [9.17, 15) is 19.7 Å². The molecular formula is C28H37N5O4. The molecule has 2 saturated heterocycles. The summed E-state index contributed by atoms with van der Waals surface area (Å²) in [5.41, 5.74) is 2.61. The molecule has 1 N–H and O–H groups in total. The number of amides is 2. The molecule has 37 heavy (non-hydrogen) atoms. The summed E-state index contributed by atoms with van der Waals surface area (Å²) < 4.78 is 0. The van der Waals surface area contributed by atoms with Gasteiger partial charge < -0.3 is 20.0 Å².